The topological polar surface area (TPSA) is 51.8 Å². The molecule has 0 unspecified atom stereocenters. The van der Waals surface area contributed by atoms with Crippen LogP contribution in [-0.4, -0.2) is 15.0 Å². The van der Waals surface area contributed by atoms with Crippen LogP contribution in [0.25, 0.3) is 55.7 Å². The molecule has 0 aliphatic rings. The first kappa shape index (κ1) is 31.7. The van der Waals surface area contributed by atoms with E-state index in [0.717, 1.165) is 33.2 Å². The third-order valence-corrected chi connectivity index (χ3v) is 9.83. The molecule has 4 nitrogen and oxygen atoms in total. The van der Waals surface area contributed by atoms with Crippen molar-refractivity contribution in [2.45, 2.75) is 92.7 Å². The van der Waals surface area contributed by atoms with Crippen LogP contribution in [0.4, 0.5) is 0 Å². The van der Waals surface area contributed by atoms with Crippen LogP contribution in [0.5, 0.6) is 0 Å². The van der Waals surface area contributed by atoms with Gasteiger partial charge in [-0.05, 0) is 105 Å². The summed E-state index contributed by atoms with van der Waals surface area (Å²) in [5.74, 6) is 0. The molecule has 0 fully saturated rings. The molecule has 59 heavy (non-hydrogen) atoms. The largest absolute Gasteiger partial charge is 0.486 e. The Morgan fingerprint density at radius 1 is 0.644 bits per heavy atom. The molecule has 0 aliphatic carbocycles. The van der Waals surface area contributed by atoms with Gasteiger partial charge in [-0.25, -0.2) is 4.98 Å². The molecule has 303 valence electrons. The monoisotopic (exact) mass is 964 g/mol. The van der Waals surface area contributed by atoms with E-state index in [0.29, 0.717) is 39.0 Å². The SMILES string of the molecule is [2H]C([2H])([2H])c1c[c-]c(-c2cc(-c3ccc(C([2H])([2H])C(C)(C)C)cc3)ccn2)cc1.[2H]C([2H])([2H])c1ccc2c(n1)oc1c(-c3cc(C(C)(C)C([2H])([2H])c4ccc(C(C)(C)C)cc4)ccn3)[c-]ccc12.[Ir]. The molecule has 0 spiro atoms. The maximum absolute atomic E-state index is 9.15. The summed E-state index contributed by atoms with van der Waals surface area (Å²) in [5, 5.41) is 1.49. The Morgan fingerprint density at radius 3 is 2.03 bits per heavy atom. The van der Waals surface area contributed by atoms with Crippen molar-refractivity contribution in [1.29, 1.82) is 0 Å². The van der Waals surface area contributed by atoms with E-state index in [-0.39, 0.29) is 42.5 Å². The predicted octanol–water partition coefficient (Wildman–Crippen LogP) is 14.1. The average molecular weight is 964 g/mol. The summed E-state index contributed by atoms with van der Waals surface area (Å²) >= 11 is 0. The number of fused-ring (bicyclic) bond motifs is 3. The van der Waals surface area contributed by atoms with Crippen LogP contribution in [0.3, 0.4) is 0 Å². The minimum absolute atomic E-state index is 0. The summed E-state index contributed by atoms with van der Waals surface area (Å²) in [6, 6.07) is 40.7. The molecule has 0 aliphatic heterocycles. The van der Waals surface area contributed by atoms with Crippen LogP contribution in [-0.2, 0) is 43.7 Å². The maximum atomic E-state index is 9.15. The van der Waals surface area contributed by atoms with Crippen molar-refractivity contribution < 1.29 is 38.2 Å². The van der Waals surface area contributed by atoms with Gasteiger partial charge >= 0.3 is 0 Å². The summed E-state index contributed by atoms with van der Waals surface area (Å²) in [7, 11) is 0. The summed E-state index contributed by atoms with van der Waals surface area (Å²) < 4.78 is 86.6. The van der Waals surface area contributed by atoms with Crippen molar-refractivity contribution in [3.63, 3.8) is 0 Å². The van der Waals surface area contributed by atoms with Gasteiger partial charge < -0.3 is 14.4 Å². The Hall–Kier alpha value is -5.22. The number of rotatable bonds is 7. The molecule has 8 aromatic rings. The summed E-state index contributed by atoms with van der Waals surface area (Å²) in [6.45, 7) is 11.4. The zero-order valence-electron chi connectivity index (χ0n) is 44.7. The second-order valence-corrected chi connectivity index (χ2v) is 17.1. The van der Waals surface area contributed by atoms with Crippen molar-refractivity contribution in [3.8, 4) is 33.6 Å². The van der Waals surface area contributed by atoms with Crippen LogP contribution < -0.4 is 0 Å². The third-order valence-electron chi connectivity index (χ3n) is 9.83. The minimum atomic E-state index is -2.34. The van der Waals surface area contributed by atoms with E-state index in [1.54, 1.807) is 36.7 Å². The van der Waals surface area contributed by atoms with Gasteiger partial charge in [-0.15, -0.1) is 53.6 Å². The molecule has 4 aromatic heterocycles. The number of pyridine rings is 3. The number of furan rings is 1. The molecule has 8 rings (SSSR count). The standard InChI is InChI=1S/C31H31N2O.C23H24N.Ir/c1-20-10-15-25-24-8-7-9-26(28(24)34-29(25)33-20)27-18-23(16-17-32-27)31(5,6)19-21-11-13-22(14-12-21)30(2,3)4;1-17-5-9-20(10-6-17)22-15-21(13-14-24-22)19-11-7-18(8-12-19)16-23(2,3)4;/h7-8,10-18H,19H2,1-6H3;5-9,11-15H,16H2,1-4H3;/q2*-1;/i1D3,19D2;1D3,16D2;. The summed E-state index contributed by atoms with van der Waals surface area (Å²) in [5.41, 5.74) is 7.27. The van der Waals surface area contributed by atoms with E-state index >= 15 is 0 Å². The van der Waals surface area contributed by atoms with E-state index in [9.17, 15) is 0 Å². The molecule has 0 amide bonds. The van der Waals surface area contributed by atoms with Crippen LogP contribution in [0.2, 0.25) is 0 Å². The van der Waals surface area contributed by atoms with Crippen LogP contribution in [0.15, 0.2) is 132 Å². The van der Waals surface area contributed by atoms with Crippen LogP contribution in [0.1, 0.15) is 103 Å². The van der Waals surface area contributed by atoms with E-state index in [1.807, 2.05) is 113 Å². The van der Waals surface area contributed by atoms with Crippen molar-refractivity contribution >= 4 is 22.1 Å². The van der Waals surface area contributed by atoms with E-state index < -0.39 is 37.3 Å². The fourth-order valence-corrected chi connectivity index (χ4v) is 6.78. The smallest absolute Gasteiger partial charge is 0.216 e. The Labute approximate surface area is 379 Å². The maximum Gasteiger partial charge on any atom is 0.216 e. The van der Waals surface area contributed by atoms with Crippen LogP contribution >= 0.6 is 0 Å². The Bertz CT molecular complexity index is 3070. The first-order chi connectivity index (χ1) is 31.5. The molecule has 0 bridgehead atoms. The molecule has 0 N–H and O–H groups in total. The van der Waals surface area contributed by atoms with Gasteiger partial charge in [-0.1, -0.05) is 134 Å². The van der Waals surface area contributed by atoms with Gasteiger partial charge in [0.05, 0.1) is 5.58 Å². The Balaban J connectivity index is 0.000000233. The van der Waals surface area contributed by atoms with Gasteiger partial charge in [-0.2, -0.15) is 0 Å². The molecule has 1 radical (unpaired) electrons. The number of aryl methyl sites for hydroxylation is 2. The van der Waals surface area contributed by atoms with Crippen molar-refractivity contribution in [2.24, 2.45) is 5.41 Å². The van der Waals surface area contributed by atoms with Gasteiger partial charge in [0.1, 0.15) is 0 Å². The number of hydrogen-bond donors (Lipinski definition) is 0. The van der Waals surface area contributed by atoms with Gasteiger partial charge in [0, 0.05) is 57.3 Å². The van der Waals surface area contributed by atoms with Crippen molar-refractivity contribution in [2.75, 3.05) is 0 Å². The fourth-order valence-electron chi connectivity index (χ4n) is 6.78. The molecule has 0 atom stereocenters. The molecular formula is C54H55IrN3O-2. The van der Waals surface area contributed by atoms with E-state index in [4.69, 9.17) is 18.1 Å². The van der Waals surface area contributed by atoms with Gasteiger partial charge in [0.25, 0.3) is 0 Å². The number of benzene rings is 4. The normalized spacial score (nSPS) is 15.3. The van der Waals surface area contributed by atoms with Crippen LogP contribution in [0, 0.1) is 31.3 Å². The van der Waals surface area contributed by atoms with Gasteiger partial charge in [0.15, 0.2) is 0 Å². The average Bonchev–Trinajstić information content (AvgIpc) is 3.67. The second kappa shape index (κ2) is 17.6. The van der Waals surface area contributed by atoms with Crippen molar-refractivity contribution in [1.82, 2.24) is 15.0 Å². The molecule has 5 heteroatoms. The first-order valence-corrected chi connectivity index (χ1v) is 19.4. The molecule has 0 saturated carbocycles. The summed E-state index contributed by atoms with van der Waals surface area (Å²) in [4.78, 5) is 13.2. The Kier molecular flexibility index (Phi) is 9.42. The number of aromatic nitrogens is 3. The molecule has 4 aromatic carbocycles. The molecular weight excluding hydrogens is 899 g/mol. The number of nitrogens with zero attached hydrogens (tertiary/aromatic N) is 3. The van der Waals surface area contributed by atoms with Gasteiger partial charge in [-0.3, -0.25) is 0 Å². The quantitative estimate of drug-likeness (QED) is 0.149. The van der Waals surface area contributed by atoms with E-state index in [2.05, 4.69) is 47.9 Å². The molecule has 4 heterocycles. The predicted molar refractivity (Wildman–Crippen MR) is 242 cm³/mol. The molecule has 0 saturated heterocycles. The number of hydrogen-bond acceptors (Lipinski definition) is 4. The van der Waals surface area contributed by atoms with Gasteiger partial charge in [0.2, 0.25) is 5.71 Å². The minimum Gasteiger partial charge on any atom is -0.486 e. The fraction of sp³-hybridized carbons (Fsp3) is 0.278. The third kappa shape index (κ3) is 10.5. The van der Waals surface area contributed by atoms with Crippen molar-refractivity contribution in [3.05, 3.63) is 173 Å². The Morgan fingerprint density at radius 2 is 1.36 bits per heavy atom. The first-order valence-electron chi connectivity index (χ1n) is 24.4. The zero-order chi connectivity index (χ0) is 49.8. The zero-order valence-corrected chi connectivity index (χ0v) is 37.1. The second-order valence-electron chi connectivity index (χ2n) is 17.1. The summed E-state index contributed by atoms with van der Waals surface area (Å²) in [6.07, 6.45) is 0.269. The van der Waals surface area contributed by atoms with E-state index in [1.165, 1.54) is 12.1 Å².